The monoisotopic (exact) mass is 282 g/mol. The molecule has 0 saturated heterocycles. The number of aryl methyl sites for hydroxylation is 1. The third-order valence-electron chi connectivity index (χ3n) is 3.09. The molecule has 1 aromatic carbocycles. The highest BCUT2D eigenvalue weighted by molar-refractivity contribution is 5.95. The van der Waals surface area contributed by atoms with Gasteiger partial charge in [-0.3, -0.25) is 4.79 Å². The van der Waals surface area contributed by atoms with Crippen LogP contribution in [0.1, 0.15) is 30.9 Å². The second-order valence-electron chi connectivity index (χ2n) is 5.16. The molecule has 0 bridgehead atoms. The number of terminal acetylenes is 1. The smallest absolute Gasteiger partial charge is 0.233 e. The van der Waals surface area contributed by atoms with Gasteiger partial charge in [-0.05, 0) is 39.0 Å². The van der Waals surface area contributed by atoms with Gasteiger partial charge in [-0.2, -0.15) is 0 Å². The molecule has 4 heteroatoms. The molecule has 0 radical (unpaired) electrons. The van der Waals surface area contributed by atoms with Crippen molar-refractivity contribution < 1.29 is 9.32 Å². The lowest BCUT2D eigenvalue weighted by Gasteiger charge is -2.27. The molecule has 2 rings (SSSR count). The van der Waals surface area contributed by atoms with Gasteiger partial charge in [0.25, 0.3) is 0 Å². The van der Waals surface area contributed by atoms with Crippen LogP contribution in [0.4, 0.5) is 5.69 Å². The summed E-state index contributed by atoms with van der Waals surface area (Å²) in [5.41, 5.74) is 2.19. The molecule has 0 unspecified atom stereocenters. The zero-order chi connectivity index (χ0) is 15.4. The summed E-state index contributed by atoms with van der Waals surface area (Å²) >= 11 is 0. The Morgan fingerprint density at radius 3 is 2.76 bits per heavy atom. The summed E-state index contributed by atoms with van der Waals surface area (Å²) in [7, 11) is 0. The Morgan fingerprint density at radius 1 is 1.43 bits per heavy atom. The number of nitrogens with zero attached hydrogens (tertiary/aromatic N) is 2. The van der Waals surface area contributed by atoms with Crippen molar-refractivity contribution in [2.75, 3.05) is 4.90 Å². The number of aromatic nitrogens is 1. The first-order valence-electron chi connectivity index (χ1n) is 6.82. The second kappa shape index (κ2) is 6.27. The maximum Gasteiger partial charge on any atom is 0.233 e. The van der Waals surface area contributed by atoms with Gasteiger partial charge in [0, 0.05) is 23.4 Å². The molecule has 1 heterocycles. The molecular formula is C17H18N2O2. The molecule has 0 aliphatic carbocycles. The highest BCUT2D eigenvalue weighted by Gasteiger charge is 2.20. The minimum absolute atomic E-state index is 0.0264. The second-order valence-corrected chi connectivity index (χ2v) is 5.16. The van der Waals surface area contributed by atoms with E-state index in [1.165, 1.54) is 0 Å². The minimum Gasteiger partial charge on any atom is -0.361 e. The normalized spacial score (nSPS) is 10.4. The van der Waals surface area contributed by atoms with Crippen molar-refractivity contribution in [2.24, 2.45) is 0 Å². The first-order chi connectivity index (χ1) is 10.0. The molecule has 0 atom stereocenters. The highest BCUT2D eigenvalue weighted by atomic mass is 16.5. The van der Waals surface area contributed by atoms with Gasteiger partial charge < -0.3 is 9.42 Å². The molecule has 1 aromatic heterocycles. The number of carbonyl (C=O) groups excluding carboxylic acids is 1. The SMILES string of the molecule is C#Cc1cccc(N(C(=O)Cc2cc(C)on2)C(C)C)c1. The molecule has 108 valence electrons. The number of carbonyl (C=O) groups is 1. The van der Waals surface area contributed by atoms with Crippen LogP contribution in [0, 0.1) is 19.3 Å². The Hall–Kier alpha value is -2.54. The molecule has 0 aliphatic heterocycles. The minimum atomic E-state index is -0.0347. The van der Waals surface area contributed by atoms with E-state index in [9.17, 15) is 4.79 Å². The first kappa shape index (κ1) is 14.9. The summed E-state index contributed by atoms with van der Waals surface area (Å²) in [4.78, 5) is 14.3. The summed E-state index contributed by atoms with van der Waals surface area (Å²) in [6.07, 6.45) is 5.63. The summed E-state index contributed by atoms with van der Waals surface area (Å²) in [5, 5.41) is 3.87. The lowest BCUT2D eigenvalue weighted by atomic mass is 10.1. The van der Waals surface area contributed by atoms with Gasteiger partial charge in [0.05, 0.1) is 12.1 Å². The molecule has 0 spiro atoms. The van der Waals surface area contributed by atoms with E-state index in [0.29, 0.717) is 11.5 Å². The molecule has 0 fully saturated rings. The number of benzene rings is 1. The molecule has 0 aliphatic rings. The van der Waals surface area contributed by atoms with Gasteiger partial charge in [-0.1, -0.05) is 17.1 Å². The van der Waals surface area contributed by atoms with Gasteiger partial charge in [0.1, 0.15) is 5.76 Å². The van der Waals surface area contributed by atoms with Crippen LogP contribution in [-0.4, -0.2) is 17.1 Å². The van der Waals surface area contributed by atoms with Crippen molar-refractivity contribution in [1.29, 1.82) is 0 Å². The molecule has 4 nitrogen and oxygen atoms in total. The summed E-state index contributed by atoms with van der Waals surface area (Å²) in [6, 6.07) is 9.21. The van der Waals surface area contributed by atoms with E-state index in [2.05, 4.69) is 11.1 Å². The van der Waals surface area contributed by atoms with E-state index >= 15 is 0 Å². The van der Waals surface area contributed by atoms with Crippen LogP contribution < -0.4 is 4.90 Å². The molecule has 1 amide bonds. The number of hydrogen-bond donors (Lipinski definition) is 0. The van der Waals surface area contributed by atoms with Gasteiger partial charge in [-0.25, -0.2) is 0 Å². The van der Waals surface area contributed by atoms with E-state index in [4.69, 9.17) is 10.9 Å². The van der Waals surface area contributed by atoms with Crippen LogP contribution in [0.25, 0.3) is 0 Å². The quantitative estimate of drug-likeness (QED) is 0.810. The van der Waals surface area contributed by atoms with Crippen molar-refractivity contribution in [1.82, 2.24) is 5.16 Å². The Bertz CT molecular complexity index is 680. The Labute approximate surface area is 124 Å². The van der Waals surface area contributed by atoms with Crippen LogP contribution in [0.15, 0.2) is 34.9 Å². The third-order valence-corrected chi connectivity index (χ3v) is 3.09. The fourth-order valence-corrected chi connectivity index (χ4v) is 2.22. The van der Waals surface area contributed by atoms with Gasteiger partial charge in [0.15, 0.2) is 0 Å². The number of hydrogen-bond acceptors (Lipinski definition) is 3. The predicted molar refractivity (Wildman–Crippen MR) is 81.9 cm³/mol. The zero-order valence-electron chi connectivity index (χ0n) is 12.5. The van der Waals surface area contributed by atoms with E-state index < -0.39 is 0 Å². The molecule has 0 N–H and O–H groups in total. The van der Waals surface area contributed by atoms with Gasteiger partial charge in [0.2, 0.25) is 5.91 Å². The molecule has 21 heavy (non-hydrogen) atoms. The lowest BCUT2D eigenvalue weighted by molar-refractivity contribution is -0.118. The fourth-order valence-electron chi connectivity index (χ4n) is 2.22. The summed E-state index contributed by atoms with van der Waals surface area (Å²) < 4.78 is 5.00. The van der Waals surface area contributed by atoms with Crippen LogP contribution in [0.3, 0.4) is 0 Å². The average molecular weight is 282 g/mol. The van der Waals surface area contributed by atoms with Crippen LogP contribution >= 0.6 is 0 Å². The van der Waals surface area contributed by atoms with E-state index in [1.807, 2.05) is 38.1 Å². The molecule has 0 saturated carbocycles. The fraction of sp³-hybridized carbons (Fsp3) is 0.294. The molecular weight excluding hydrogens is 264 g/mol. The number of anilines is 1. The van der Waals surface area contributed by atoms with Crippen molar-refractivity contribution in [3.63, 3.8) is 0 Å². The summed E-state index contributed by atoms with van der Waals surface area (Å²) in [5.74, 6) is 3.25. The van der Waals surface area contributed by atoms with Crippen molar-refractivity contribution >= 4 is 11.6 Å². The molecule has 2 aromatic rings. The lowest BCUT2D eigenvalue weighted by Crippen LogP contribution is -2.38. The standard InChI is InChI=1S/C17H18N2O2/c1-5-14-7-6-8-16(10-14)19(12(2)3)17(20)11-15-9-13(4)21-18-15/h1,6-10,12H,11H2,2-4H3. The number of rotatable bonds is 4. The van der Waals surface area contributed by atoms with E-state index in [1.54, 1.807) is 17.9 Å². The van der Waals surface area contributed by atoms with Crippen molar-refractivity contribution in [2.45, 2.75) is 33.2 Å². The maximum atomic E-state index is 12.6. The van der Waals surface area contributed by atoms with Crippen molar-refractivity contribution in [3.8, 4) is 12.3 Å². The number of amides is 1. The van der Waals surface area contributed by atoms with Gasteiger partial charge >= 0.3 is 0 Å². The van der Waals surface area contributed by atoms with Crippen LogP contribution in [-0.2, 0) is 11.2 Å². The van der Waals surface area contributed by atoms with E-state index in [-0.39, 0.29) is 18.4 Å². The topological polar surface area (TPSA) is 46.3 Å². The Morgan fingerprint density at radius 2 is 2.19 bits per heavy atom. The predicted octanol–water partition coefficient (Wildman–Crippen LogP) is 2.95. The Kier molecular flexibility index (Phi) is 4.44. The average Bonchev–Trinajstić information content (AvgIpc) is 2.84. The highest BCUT2D eigenvalue weighted by Crippen LogP contribution is 2.20. The van der Waals surface area contributed by atoms with Crippen LogP contribution in [0.2, 0.25) is 0 Å². The summed E-state index contributed by atoms with van der Waals surface area (Å²) in [6.45, 7) is 5.74. The maximum absolute atomic E-state index is 12.6. The van der Waals surface area contributed by atoms with Crippen molar-refractivity contribution in [3.05, 3.63) is 47.3 Å². The van der Waals surface area contributed by atoms with E-state index in [0.717, 1.165) is 11.3 Å². The third kappa shape index (κ3) is 3.51. The zero-order valence-corrected chi connectivity index (χ0v) is 12.5. The largest absolute Gasteiger partial charge is 0.361 e. The van der Waals surface area contributed by atoms with Gasteiger partial charge in [-0.15, -0.1) is 6.42 Å². The van der Waals surface area contributed by atoms with Crippen LogP contribution in [0.5, 0.6) is 0 Å². The first-order valence-corrected chi connectivity index (χ1v) is 6.82. The Balaban J connectivity index is 2.26.